The molecule has 0 aliphatic carbocycles. The van der Waals surface area contributed by atoms with Gasteiger partial charge in [0.05, 0.1) is 21.7 Å². The van der Waals surface area contributed by atoms with Gasteiger partial charge in [-0.05, 0) is 25.1 Å². The van der Waals surface area contributed by atoms with Crippen molar-refractivity contribution in [2.45, 2.75) is 6.92 Å². The maximum absolute atomic E-state index is 12.9. The summed E-state index contributed by atoms with van der Waals surface area (Å²) >= 11 is 6.12. The van der Waals surface area contributed by atoms with Gasteiger partial charge in [-0.1, -0.05) is 41.9 Å². The number of nitrogens with zero attached hydrogens (tertiary/aromatic N) is 1. The average molecular weight is 313 g/mol. The van der Waals surface area contributed by atoms with Crippen molar-refractivity contribution in [2.24, 2.45) is 5.73 Å². The number of halogens is 1. The molecule has 0 bridgehead atoms. The molecule has 0 radical (unpaired) electrons. The lowest BCUT2D eigenvalue weighted by Crippen LogP contribution is -2.17. The van der Waals surface area contributed by atoms with Gasteiger partial charge in [0.2, 0.25) is 0 Å². The Morgan fingerprint density at radius 3 is 2.36 bits per heavy atom. The third-order valence-electron chi connectivity index (χ3n) is 3.67. The molecular weight excluding hydrogens is 300 g/mol. The Morgan fingerprint density at radius 2 is 1.68 bits per heavy atom. The lowest BCUT2D eigenvalue weighted by molar-refractivity contribution is 0.0963. The molecule has 0 saturated heterocycles. The molecule has 0 aliphatic rings. The van der Waals surface area contributed by atoms with Crippen LogP contribution in [0.25, 0.3) is 10.9 Å². The van der Waals surface area contributed by atoms with Crippen molar-refractivity contribution in [2.75, 3.05) is 0 Å². The van der Waals surface area contributed by atoms with Crippen molar-refractivity contribution in [1.29, 1.82) is 0 Å². The normalized spacial score (nSPS) is 10.8. The molecule has 2 aromatic carbocycles. The van der Waals surface area contributed by atoms with Gasteiger partial charge in [-0.3, -0.25) is 14.2 Å². The number of hydrogen-bond donors (Lipinski definition) is 1. The van der Waals surface area contributed by atoms with E-state index in [1.807, 2.05) is 6.07 Å². The summed E-state index contributed by atoms with van der Waals surface area (Å²) in [5, 5.41) is 1.03. The topological polar surface area (TPSA) is 65.1 Å². The van der Waals surface area contributed by atoms with Crippen LogP contribution in [0.3, 0.4) is 0 Å². The van der Waals surface area contributed by atoms with Gasteiger partial charge in [0.25, 0.3) is 11.8 Å². The van der Waals surface area contributed by atoms with E-state index in [9.17, 15) is 9.59 Å². The fraction of sp³-hybridized carbons (Fsp3) is 0.0588. The van der Waals surface area contributed by atoms with Crippen molar-refractivity contribution < 1.29 is 9.59 Å². The van der Waals surface area contributed by atoms with Gasteiger partial charge >= 0.3 is 0 Å². The third kappa shape index (κ3) is 2.09. The van der Waals surface area contributed by atoms with E-state index in [1.165, 1.54) is 4.57 Å². The molecule has 4 nitrogen and oxygen atoms in total. The highest BCUT2D eigenvalue weighted by atomic mass is 35.5. The first-order valence-electron chi connectivity index (χ1n) is 6.71. The zero-order chi connectivity index (χ0) is 15.9. The second kappa shape index (κ2) is 5.31. The number of benzene rings is 2. The fourth-order valence-electron chi connectivity index (χ4n) is 2.70. The van der Waals surface area contributed by atoms with Crippen molar-refractivity contribution in [1.82, 2.24) is 4.57 Å². The highest BCUT2D eigenvalue weighted by molar-refractivity contribution is 6.34. The van der Waals surface area contributed by atoms with E-state index in [2.05, 4.69) is 0 Å². The number of carbonyl (C=O) groups excluding carboxylic acids is 2. The SMILES string of the molecule is Cc1c(C(N)=O)c2ccccc2n1C(=O)c1ccccc1Cl. The first-order valence-corrected chi connectivity index (χ1v) is 7.09. The van der Waals surface area contributed by atoms with Gasteiger partial charge in [-0.15, -0.1) is 0 Å². The first-order chi connectivity index (χ1) is 10.5. The van der Waals surface area contributed by atoms with E-state index in [4.69, 9.17) is 17.3 Å². The van der Waals surface area contributed by atoms with Crippen LogP contribution in [-0.2, 0) is 0 Å². The molecule has 3 rings (SSSR count). The second-order valence-electron chi connectivity index (χ2n) is 4.96. The molecule has 3 aromatic rings. The Bertz CT molecular complexity index is 912. The van der Waals surface area contributed by atoms with E-state index in [0.29, 0.717) is 32.7 Å². The Hall–Kier alpha value is -2.59. The number of amides is 1. The van der Waals surface area contributed by atoms with E-state index in [-0.39, 0.29) is 5.91 Å². The molecule has 0 fully saturated rings. The molecule has 0 atom stereocenters. The van der Waals surface area contributed by atoms with Crippen molar-refractivity contribution in [3.8, 4) is 0 Å². The minimum atomic E-state index is -0.556. The fourth-order valence-corrected chi connectivity index (χ4v) is 2.91. The van der Waals surface area contributed by atoms with E-state index in [1.54, 1.807) is 49.4 Å². The van der Waals surface area contributed by atoms with Crippen LogP contribution in [-0.4, -0.2) is 16.4 Å². The van der Waals surface area contributed by atoms with Crippen LogP contribution >= 0.6 is 11.6 Å². The molecule has 1 amide bonds. The second-order valence-corrected chi connectivity index (χ2v) is 5.37. The Labute approximate surface area is 132 Å². The van der Waals surface area contributed by atoms with Crippen molar-refractivity contribution >= 4 is 34.3 Å². The van der Waals surface area contributed by atoms with Crippen LogP contribution < -0.4 is 5.73 Å². The summed E-state index contributed by atoms with van der Waals surface area (Å²) in [6, 6.07) is 14.0. The summed E-state index contributed by atoms with van der Waals surface area (Å²) in [5.41, 5.74) is 7.36. The molecular formula is C17H13ClN2O2. The maximum atomic E-state index is 12.9. The summed E-state index contributed by atoms with van der Waals surface area (Å²) in [6.07, 6.45) is 0. The van der Waals surface area contributed by atoms with Crippen LogP contribution in [0.2, 0.25) is 5.02 Å². The van der Waals surface area contributed by atoms with Gasteiger partial charge in [-0.25, -0.2) is 0 Å². The Kier molecular flexibility index (Phi) is 3.47. The molecule has 1 heterocycles. The van der Waals surface area contributed by atoms with Gasteiger partial charge < -0.3 is 5.73 Å². The lowest BCUT2D eigenvalue weighted by Gasteiger charge is -2.08. The van der Waals surface area contributed by atoms with Gasteiger partial charge in [0, 0.05) is 11.1 Å². The highest BCUT2D eigenvalue weighted by Crippen LogP contribution is 2.27. The smallest absolute Gasteiger partial charge is 0.264 e. The monoisotopic (exact) mass is 312 g/mol. The number of nitrogens with two attached hydrogens (primary N) is 1. The van der Waals surface area contributed by atoms with Crippen LogP contribution in [0.15, 0.2) is 48.5 Å². The van der Waals surface area contributed by atoms with Crippen LogP contribution in [0, 0.1) is 6.92 Å². The van der Waals surface area contributed by atoms with E-state index in [0.717, 1.165) is 0 Å². The molecule has 110 valence electrons. The van der Waals surface area contributed by atoms with Crippen molar-refractivity contribution in [3.63, 3.8) is 0 Å². The van der Waals surface area contributed by atoms with Crippen LogP contribution in [0.4, 0.5) is 0 Å². The molecule has 5 heteroatoms. The number of hydrogen-bond acceptors (Lipinski definition) is 2. The zero-order valence-electron chi connectivity index (χ0n) is 11.8. The van der Waals surface area contributed by atoms with Gasteiger partial charge in [-0.2, -0.15) is 0 Å². The molecule has 0 unspecified atom stereocenters. The van der Waals surface area contributed by atoms with E-state index < -0.39 is 5.91 Å². The minimum Gasteiger partial charge on any atom is -0.366 e. The predicted octanol–water partition coefficient (Wildman–Crippen LogP) is 3.39. The molecule has 0 spiro atoms. The number of aromatic nitrogens is 1. The number of carbonyl (C=O) groups is 2. The number of rotatable bonds is 2. The first kappa shape index (κ1) is 14.4. The molecule has 2 N–H and O–H groups in total. The quantitative estimate of drug-likeness (QED) is 0.788. The maximum Gasteiger partial charge on any atom is 0.264 e. The standard InChI is InChI=1S/C17H13ClN2O2/c1-10-15(16(19)21)12-7-3-5-9-14(12)20(10)17(22)11-6-2-4-8-13(11)18/h2-9H,1H3,(H2,19,21). The van der Waals surface area contributed by atoms with Gasteiger partial charge in [0.15, 0.2) is 0 Å². The van der Waals surface area contributed by atoms with E-state index >= 15 is 0 Å². The number of fused-ring (bicyclic) bond motifs is 1. The lowest BCUT2D eigenvalue weighted by atomic mass is 10.1. The predicted molar refractivity (Wildman–Crippen MR) is 86.4 cm³/mol. The number of primary amides is 1. The molecule has 1 aromatic heterocycles. The summed E-state index contributed by atoms with van der Waals surface area (Å²) in [6.45, 7) is 1.70. The third-order valence-corrected chi connectivity index (χ3v) is 3.99. The minimum absolute atomic E-state index is 0.285. The summed E-state index contributed by atoms with van der Waals surface area (Å²) in [7, 11) is 0. The van der Waals surface area contributed by atoms with Crippen LogP contribution in [0.5, 0.6) is 0 Å². The zero-order valence-corrected chi connectivity index (χ0v) is 12.6. The Balaban J connectivity index is 2.32. The van der Waals surface area contributed by atoms with Crippen molar-refractivity contribution in [3.05, 3.63) is 70.4 Å². The summed E-state index contributed by atoms with van der Waals surface area (Å²) in [4.78, 5) is 24.6. The molecule has 0 aliphatic heterocycles. The molecule has 0 saturated carbocycles. The highest BCUT2D eigenvalue weighted by Gasteiger charge is 2.23. The number of para-hydroxylation sites is 1. The summed E-state index contributed by atoms with van der Waals surface area (Å²) < 4.78 is 1.48. The Morgan fingerprint density at radius 1 is 1.05 bits per heavy atom. The average Bonchev–Trinajstić information content (AvgIpc) is 2.79. The largest absolute Gasteiger partial charge is 0.366 e. The van der Waals surface area contributed by atoms with Crippen LogP contribution in [0.1, 0.15) is 26.4 Å². The van der Waals surface area contributed by atoms with Gasteiger partial charge in [0.1, 0.15) is 0 Å². The summed E-state index contributed by atoms with van der Waals surface area (Å²) in [5.74, 6) is -0.841. The molecule has 22 heavy (non-hydrogen) atoms.